The Morgan fingerprint density at radius 3 is 2.82 bits per heavy atom. The van der Waals surface area contributed by atoms with Crippen LogP contribution >= 0.6 is 0 Å². The van der Waals surface area contributed by atoms with Gasteiger partial charge in [0.25, 0.3) is 0 Å². The van der Waals surface area contributed by atoms with Gasteiger partial charge in [-0.3, -0.25) is 9.52 Å². The van der Waals surface area contributed by atoms with Gasteiger partial charge in [0.15, 0.2) is 0 Å². The summed E-state index contributed by atoms with van der Waals surface area (Å²) >= 11 is 0. The first-order valence-electron chi connectivity index (χ1n) is 7.62. The second-order valence-corrected chi connectivity index (χ2v) is 7.39. The van der Waals surface area contributed by atoms with Gasteiger partial charge in [-0.2, -0.15) is 0 Å². The summed E-state index contributed by atoms with van der Waals surface area (Å²) in [5.41, 5.74) is 1.06. The highest BCUT2D eigenvalue weighted by Gasteiger charge is 2.17. The van der Waals surface area contributed by atoms with Crippen molar-refractivity contribution in [3.05, 3.63) is 24.3 Å². The lowest BCUT2D eigenvalue weighted by molar-refractivity contribution is -0.116. The van der Waals surface area contributed by atoms with E-state index in [-0.39, 0.29) is 17.7 Å². The third-order valence-electron chi connectivity index (χ3n) is 3.49. The van der Waals surface area contributed by atoms with Crippen molar-refractivity contribution in [3.8, 4) is 0 Å². The minimum Gasteiger partial charge on any atom is -0.326 e. The second kappa shape index (κ2) is 7.60. The molecule has 1 atom stereocenters. The van der Waals surface area contributed by atoms with Gasteiger partial charge in [-0.25, -0.2) is 8.42 Å². The van der Waals surface area contributed by atoms with E-state index >= 15 is 0 Å². The van der Waals surface area contributed by atoms with Crippen molar-refractivity contribution >= 4 is 27.3 Å². The van der Waals surface area contributed by atoms with E-state index in [1.807, 2.05) is 6.92 Å². The van der Waals surface area contributed by atoms with Crippen LogP contribution in [0.1, 0.15) is 32.6 Å². The molecule has 2 rings (SSSR count). The summed E-state index contributed by atoms with van der Waals surface area (Å²) in [4.78, 5) is 12.0. The topological polar surface area (TPSA) is 87.3 Å². The van der Waals surface area contributed by atoms with Crippen molar-refractivity contribution in [1.82, 2.24) is 5.32 Å². The van der Waals surface area contributed by atoms with E-state index in [1.54, 1.807) is 24.3 Å². The summed E-state index contributed by atoms with van der Waals surface area (Å²) in [5.74, 6) is 0.0182. The number of carbonyl (C=O) groups is 1. The van der Waals surface area contributed by atoms with E-state index in [4.69, 9.17) is 0 Å². The van der Waals surface area contributed by atoms with Gasteiger partial charge in [-0.05, 0) is 44.0 Å². The van der Waals surface area contributed by atoms with Gasteiger partial charge in [-0.1, -0.05) is 13.0 Å². The molecule has 0 spiro atoms. The van der Waals surface area contributed by atoms with Gasteiger partial charge >= 0.3 is 0 Å². The molecule has 1 fully saturated rings. The van der Waals surface area contributed by atoms with E-state index in [0.29, 0.717) is 24.2 Å². The zero-order chi connectivity index (χ0) is 16.0. The van der Waals surface area contributed by atoms with E-state index in [9.17, 15) is 13.2 Å². The Morgan fingerprint density at radius 2 is 2.14 bits per heavy atom. The molecule has 0 aliphatic carbocycles. The molecular weight excluding hydrogens is 302 g/mol. The van der Waals surface area contributed by atoms with Crippen LogP contribution in [0.4, 0.5) is 11.4 Å². The first-order valence-corrected chi connectivity index (χ1v) is 9.27. The molecule has 1 aliphatic rings. The molecule has 22 heavy (non-hydrogen) atoms. The summed E-state index contributed by atoms with van der Waals surface area (Å²) in [7, 11) is -3.32. The number of carbonyl (C=O) groups excluding carboxylic acids is 1. The number of hydrogen-bond acceptors (Lipinski definition) is 4. The van der Waals surface area contributed by atoms with Gasteiger partial charge in [0, 0.05) is 18.2 Å². The fraction of sp³-hybridized carbons (Fsp3) is 0.533. The Labute approximate surface area is 131 Å². The third-order valence-corrected chi connectivity index (χ3v) is 4.98. The molecule has 0 bridgehead atoms. The minimum atomic E-state index is -3.32. The molecule has 0 aromatic heterocycles. The van der Waals surface area contributed by atoms with Crippen LogP contribution in [0.3, 0.4) is 0 Å². The lowest BCUT2D eigenvalue weighted by Gasteiger charge is -2.12. The molecule has 1 amide bonds. The van der Waals surface area contributed by atoms with Crippen molar-refractivity contribution in [2.45, 2.75) is 38.6 Å². The van der Waals surface area contributed by atoms with Crippen LogP contribution in [-0.2, 0) is 14.8 Å². The molecule has 1 saturated heterocycles. The largest absolute Gasteiger partial charge is 0.326 e. The molecule has 1 unspecified atom stereocenters. The highest BCUT2D eigenvalue weighted by molar-refractivity contribution is 7.92. The standard InChI is InChI=1S/C15H23N3O3S/c1-2-9-22(20,21)18-14-6-3-5-13(10-14)17-15(19)11-12-7-4-8-16-12/h3,5-6,10,12,16,18H,2,4,7-9,11H2,1H3,(H,17,19). The Hall–Kier alpha value is -1.60. The summed E-state index contributed by atoms with van der Waals surface area (Å²) in [6, 6.07) is 7.01. The maximum atomic E-state index is 12.0. The molecule has 1 aliphatic heterocycles. The number of rotatable bonds is 7. The second-order valence-electron chi connectivity index (χ2n) is 5.55. The van der Waals surface area contributed by atoms with Crippen LogP contribution in [-0.4, -0.2) is 32.7 Å². The van der Waals surface area contributed by atoms with Gasteiger partial charge in [-0.15, -0.1) is 0 Å². The number of anilines is 2. The van der Waals surface area contributed by atoms with Crippen molar-refractivity contribution in [2.24, 2.45) is 0 Å². The van der Waals surface area contributed by atoms with Crippen LogP contribution in [0, 0.1) is 0 Å². The van der Waals surface area contributed by atoms with Gasteiger partial charge < -0.3 is 10.6 Å². The highest BCUT2D eigenvalue weighted by Crippen LogP contribution is 2.17. The summed E-state index contributed by atoms with van der Waals surface area (Å²) in [5, 5.41) is 6.09. The monoisotopic (exact) mass is 325 g/mol. The predicted molar refractivity (Wildman–Crippen MR) is 88.4 cm³/mol. The van der Waals surface area contributed by atoms with Crippen LogP contribution in [0.5, 0.6) is 0 Å². The van der Waals surface area contributed by atoms with Gasteiger partial charge in [0.05, 0.1) is 11.4 Å². The highest BCUT2D eigenvalue weighted by atomic mass is 32.2. The zero-order valence-electron chi connectivity index (χ0n) is 12.8. The molecular formula is C15H23N3O3S. The van der Waals surface area contributed by atoms with Crippen molar-refractivity contribution in [3.63, 3.8) is 0 Å². The molecule has 7 heteroatoms. The molecule has 6 nitrogen and oxygen atoms in total. The Bertz CT molecular complexity index is 610. The molecule has 1 aromatic carbocycles. The van der Waals surface area contributed by atoms with Crippen molar-refractivity contribution in [1.29, 1.82) is 0 Å². The number of benzene rings is 1. The Balaban J connectivity index is 1.94. The van der Waals surface area contributed by atoms with Crippen molar-refractivity contribution < 1.29 is 13.2 Å². The SMILES string of the molecule is CCCS(=O)(=O)Nc1cccc(NC(=O)CC2CCCN2)c1. The molecule has 0 saturated carbocycles. The Morgan fingerprint density at radius 1 is 1.36 bits per heavy atom. The molecule has 122 valence electrons. The Kier molecular flexibility index (Phi) is 5.79. The first kappa shape index (κ1) is 16.8. The fourth-order valence-corrected chi connectivity index (χ4v) is 3.65. The number of amides is 1. The van der Waals surface area contributed by atoms with E-state index in [1.165, 1.54) is 0 Å². The van der Waals surface area contributed by atoms with Crippen molar-refractivity contribution in [2.75, 3.05) is 22.3 Å². The van der Waals surface area contributed by atoms with Crippen LogP contribution in [0.15, 0.2) is 24.3 Å². The van der Waals surface area contributed by atoms with E-state index in [0.717, 1.165) is 19.4 Å². The zero-order valence-corrected chi connectivity index (χ0v) is 13.6. The van der Waals surface area contributed by atoms with Crippen LogP contribution < -0.4 is 15.4 Å². The predicted octanol–water partition coefficient (Wildman–Crippen LogP) is 1.92. The maximum absolute atomic E-state index is 12.0. The summed E-state index contributed by atoms with van der Waals surface area (Å²) in [6.07, 6.45) is 3.11. The summed E-state index contributed by atoms with van der Waals surface area (Å²) in [6.45, 7) is 2.78. The number of nitrogens with one attached hydrogen (secondary N) is 3. The maximum Gasteiger partial charge on any atom is 0.232 e. The normalized spacial score (nSPS) is 18.1. The van der Waals surface area contributed by atoms with Gasteiger partial charge in [0.2, 0.25) is 15.9 Å². The molecule has 1 heterocycles. The number of hydrogen-bond donors (Lipinski definition) is 3. The smallest absolute Gasteiger partial charge is 0.232 e. The molecule has 1 aromatic rings. The van der Waals surface area contributed by atoms with E-state index < -0.39 is 10.0 Å². The lowest BCUT2D eigenvalue weighted by Crippen LogP contribution is -2.27. The van der Waals surface area contributed by atoms with E-state index in [2.05, 4.69) is 15.4 Å². The quantitative estimate of drug-likeness (QED) is 0.715. The van der Waals surface area contributed by atoms with Gasteiger partial charge in [0.1, 0.15) is 0 Å². The molecule has 3 N–H and O–H groups in total. The average Bonchev–Trinajstić information content (AvgIpc) is 2.90. The first-order chi connectivity index (χ1) is 10.5. The minimum absolute atomic E-state index is 0.0621. The van der Waals surface area contributed by atoms with Crippen LogP contribution in [0.25, 0.3) is 0 Å². The number of sulfonamides is 1. The average molecular weight is 325 g/mol. The van der Waals surface area contributed by atoms with Crippen LogP contribution in [0.2, 0.25) is 0 Å². The fourth-order valence-electron chi connectivity index (χ4n) is 2.53. The lowest BCUT2D eigenvalue weighted by atomic mass is 10.1. The molecule has 0 radical (unpaired) electrons. The summed E-state index contributed by atoms with van der Waals surface area (Å²) < 4.78 is 26.0. The third kappa shape index (κ3) is 5.31.